The van der Waals surface area contributed by atoms with E-state index in [-0.39, 0.29) is 23.8 Å². The fraction of sp³-hybridized carbons (Fsp3) is 0.467. The maximum atomic E-state index is 12.1. The molecule has 110 valence electrons. The van der Waals surface area contributed by atoms with Gasteiger partial charge in [0, 0.05) is 12.0 Å². The molecule has 0 atom stereocenters. The molecule has 3 rings (SSSR count). The number of nitrogens with zero attached hydrogens (tertiary/aromatic N) is 3. The fourth-order valence-corrected chi connectivity index (χ4v) is 2.84. The number of amides is 1. The van der Waals surface area contributed by atoms with Gasteiger partial charge in [-0.15, -0.1) is 10.2 Å². The van der Waals surface area contributed by atoms with E-state index in [0.717, 1.165) is 25.7 Å². The second-order valence-electron chi connectivity index (χ2n) is 5.67. The molecule has 1 aromatic heterocycles. The first-order valence-electron chi connectivity index (χ1n) is 7.21. The van der Waals surface area contributed by atoms with Crippen LogP contribution in [0.15, 0.2) is 24.3 Å². The second-order valence-corrected chi connectivity index (χ2v) is 5.67. The smallest absolute Gasteiger partial charge is 0.291 e. The van der Waals surface area contributed by atoms with Crippen molar-refractivity contribution in [1.82, 2.24) is 20.5 Å². The predicted octanol–water partition coefficient (Wildman–Crippen LogP) is 1.31. The summed E-state index contributed by atoms with van der Waals surface area (Å²) in [5.41, 5.74) is 1.13. The summed E-state index contributed by atoms with van der Waals surface area (Å²) < 4.78 is 0. The largest absolute Gasteiger partial charge is 0.396 e. The van der Waals surface area contributed by atoms with E-state index in [1.54, 1.807) is 12.1 Å². The summed E-state index contributed by atoms with van der Waals surface area (Å²) in [6, 6.07) is 7.30. The zero-order valence-electron chi connectivity index (χ0n) is 11.7. The highest BCUT2D eigenvalue weighted by atomic mass is 16.3. The number of carbonyl (C=O) groups is 1. The monoisotopic (exact) mass is 286 g/mol. The topological polar surface area (TPSA) is 88.0 Å². The second kappa shape index (κ2) is 5.73. The Labute approximate surface area is 122 Å². The van der Waals surface area contributed by atoms with Crippen molar-refractivity contribution in [3.8, 4) is 0 Å². The third-order valence-corrected chi connectivity index (χ3v) is 4.19. The lowest BCUT2D eigenvalue weighted by molar-refractivity contribution is 0.0870. The molecule has 0 radical (unpaired) electrons. The van der Waals surface area contributed by atoms with Gasteiger partial charge in [-0.3, -0.25) is 4.79 Å². The molecule has 1 heterocycles. The molecule has 1 aliphatic carbocycles. The van der Waals surface area contributed by atoms with Gasteiger partial charge in [0.15, 0.2) is 0 Å². The van der Waals surface area contributed by atoms with Gasteiger partial charge in [-0.1, -0.05) is 25.0 Å². The minimum Gasteiger partial charge on any atom is -0.396 e. The average molecular weight is 286 g/mol. The lowest BCUT2D eigenvalue weighted by Crippen LogP contribution is -2.39. The summed E-state index contributed by atoms with van der Waals surface area (Å²) in [7, 11) is 0. The number of nitrogens with one attached hydrogen (secondary N) is 1. The van der Waals surface area contributed by atoms with Crippen LogP contribution in [-0.2, 0) is 0 Å². The molecule has 0 saturated heterocycles. The molecule has 2 N–H and O–H groups in total. The molecule has 0 unspecified atom stereocenters. The Morgan fingerprint density at radius 2 is 1.90 bits per heavy atom. The van der Waals surface area contributed by atoms with Crippen LogP contribution in [-0.4, -0.2) is 39.3 Å². The van der Waals surface area contributed by atoms with E-state index in [4.69, 9.17) is 0 Å². The van der Waals surface area contributed by atoms with Gasteiger partial charge < -0.3 is 10.4 Å². The molecular formula is C15H18N4O2. The first kappa shape index (κ1) is 13.9. The van der Waals surface area contributed by atoms with E-state index in [9.17, 15) is 9.90 Å². The van der Waals surface area contributed by atoms with E-state index in [1.165, 1.54) is 0 Å². The van der Waals surface area contributed by atoms with Crippen LogP contribution in [0.3, 0.4) is 0 Å². The van der Waals surface area contributed by atoms with Gasteiger partial charge in [-0.2, -0.15) is 0 Å². The van der Waals surface area contributed by atoms with Crippen molar-refractivity contribution in [2.75, 3.05) is 13.2 Å². The van der Waals surface area contributed by atoms with Crippen LogP contribution in [0.1, 0.15) is 36.3 Å². The molecule has 6 nitrogen and oxygen atoms in total. The number of hydrogen-bond donors (Lipinski definition) is 2. The Kier molecular flexibility index (Phi) is 3.79. The molecular weight excluding hydrogens is 268 g/mol. The number of para-hydroxylation sites is 1. The standard InChI is InChI=1S/C15H18N4O2/c20-10-15(7-3-4-8-15)9-16-14(21)13-17-11-5-1-2-6-12(11)18-19-13/h1-2,5-6,20H,3-4,7-10H2,(H,16,21). The Hall–Kier alpha value is -2.08. The minimum atomic E-state index is -0.340. The quantitative estimate of drug-likeness (QED) is 0.884. The molecule has 1 fully saturated rings. The van der Waals surface area contributed by atoms with Crippen molar-refractivity contribution in [3.63, 3.8) is 0 Å². The van der Waals surface area contributed by atoms with E-state index < -0.39 is 0 Å². The number of aromatic nitrogens is 3. The van der Waals surface area contributed by atoms with Crippen LogP contribution in [0.2, 0.25) is 0 Å². The molecule has 1 amide bonds. The number of rotatable bonds is 4. The van der Waals surface area contributed by atoms with Gasteiger partial charge >= 0.3 is 0 Å². The Morgan fingerprint density at radius 1 is 1.19 bits per heavy atom. The summed E-state index contributed by atoms with van der Waals surface area (Å²) >= 11 is 0. The SMILES string of the molecule is O=C(NCC1(CO)CCCC1)c1nnc2ccccc2n1. The number of aliphatic hydroxyl groups is 1. The Balaban J connectivity index is 1.71. The predicted molar refractivity (Wildman–Crippen MR) is 77.7 cm³/mol. The summed E-state index contributed by atoms with van der Waals surface area (Å²) in [5, 5.41) is 20.2. The fourth-order valence-electron chi connectivity index (χ4n) is 2.84. The number of hydrogen-bond acceptors (Lipinski definition) is 5. The van der Waals surface area contributed by atoms with Gasteiger partial charge in [0.25, 0.3) is 5.91 Å². The van der Waals surface area contributed by atoms with Crippen LogP contribution >= 0.6 is 0 Å². The first-order chi connectivity index (χ1) is 10.2. The first-order valence-corrected chi connectivity index (χ1v) is 7.21. The highest BCUT2D eigenvalue weighted by molar-refractivity contribution is 5.91. The molecule has 1 saturated carbocycles. The van der Waals surface area contributed by atoms with Crippen LogP contribution in [0, 0.1) is 5.41 Å². The van der Waals surface area contributed by atoms with Crippen molar-refractivity contribution in [1.29, 1.82) is 0 Å². The zero-order chi connectivity index (χ0) is 14.7. The molecule has 21 heavy (non-hydrogen) atoms. The van der Waals surface area contributed by atoms with Crippen LogP contribution in [0.25, 0.3) is 11.0 Å². The normalized spacial score (nSPS) is 17.0. The maximum absolute atomic E-state index is 12.1. The third kappa shape index (κ3) is 2.85. The number of fused-ring (bicyclic) bond motifs is 1. The van der Waals surface area contributed by atoms with Gasteiger partial charge in [0.05, 0.1) is 12.1 Å². The van der Waals surface area contributed by atoms with Crippen LogP contribution < -0.4 is 5.32 Å². The number of carbonyl (C=O) groups excluding carboxylic acids is 1. The summed E-state index contributed by atoms with van der Waals surface area (Å²) in [6.45, 7) is 0.558. The lowest BCUT2D eigenvalue weighted by Gasteiger charge is -2.26. The van der Waals surface area contributed by atoms with E-state index >= 15 is 0 Å². The molecule has 0 spiro atoms. The van der Waals surface area contributed by atoms with Crippen molar-refractivity contribution < 1.29 is 9.90 Å². The van der Waals surface area contributed by atoms with Crippen molar-refractivity contribution in [2.45, 2.75) is 25.7 Å². The van der Waals surface area contributed by atoms with Gasteiger partial charge in [-0.25, -0.2) is 4.98 Å². The Bertz CT molecular complexity index is 653. The van der Waals surface area contributed by atoms with Crippen molar-refractivity contribution in [3.05, 3.63) is 30.1 Å². The van der Waals surface area contributed by atoms with Crippen molar-refractivity contribution >= 4 is 16.9 Å². The van der Waals surface area contributed by atoms with Gasteiger partial charge in [0.1, 0.15) is 5.52 Å². The zero-order valence-corrected chi connectivity index (χ0v) is 11.7. The highest BCUT2D eigenvalue weighted by Crippen LogP contribution is 2.36. The Morgan fingerprint density at radius 3 is 2.62 bits per heavy atom. The molecule has 1 aromatic carbocycles. The summed E-state index contributed by atoms with van der Waals surface area (Å²) in [5.74, 6) is -0.271. The number of benzene rings is 1. The van der Waals surface area contributed by atoms with Gasteiger partial charge in [0.2, 0.25) is 5.82 Å². The third-order valence-electron chi connectivity index (χ3n) is 4.19. The van der Waals surface area contributed by atoms with E-state index in [2.05, 4.69) is 20.5 Å². The number of aliphatic hydroxyl groups excluding tert-OH is 1. The van der Waals surface area contributed by atoms with Crippen LogP contribution in [0.5, 0.6) is 0 Å². The van der Waals surface area contributed by atoms with E-state index in [0.29, 0.717) is 17.6 Å². The molecule has 0 bridgehead atoms. The van der Waals surface area contributed by atoms with E-state index in [1.807, 2.05) is 12.1 Å². The molecule has 1 aliphatic rings. The lowest BCUT2D eigenvalue weighted by atomic mass is 9.87. The van der Waals surface area contributed by atoms with Crippen LogP contribution in [0.4, 0.5) is 0 Å². The summed E-state index contributed by atoms with van der Waals surface area (Å²) in [6.07, 6.45) is 4.09. The molecule has 6 heteroatoms. The summed E-state index contributed by atoms with van der Waals surface area (Å²) in [4.78, 5) is 16.4. The molecule has 0 aliphatic heterocycles. The highest BCUT2D eigenvalue weighted by Gasteiger charge is 2.33. The minimum absolute atomic E-state index is 0.0692. The van der Waals surface area contributed by atoms with Crippen molar-refractivity contribution in [2.24, 2.45) is 5.41 Å². The average Bonchev–Trinajstić information content (AvgIpc) is 3.01. The molecule has 2 aromatic rings. The maximum Gasteiger partial charge on any atom is 0.291 e. The van der Waals surface area contributed by atoms with Gasteiger partial charge in [-0.05, 0) is 25.0 Å².